The molecule has 4 rings (SSSR count). The van der Waals surface area contributed by atoms with E-state index in [9.17, 15) is 9.59 Å². The maximum Gasteiger partial charge on any atom is 0.339 e. The third kappa shape index (κ3) is 4.57. The third-order valence-electron chi connectivity index (χ3n) is 4.82. The molecule has 31 heavy (non-hydrogen) atoms. The number of ether oxygens (including phenoxy) is 2. The Labute approximate surface area is 184 Å². The van der Waals surface area contributed by atoms with E-state index in [1.54, 1.807) is 43.5 Å². The Morgan fingerprint density at radius 3 is 2.35 bits per heavy atom. The number of ketones is 1. The second kappa shape index (κ2) is 8.98. The van der Waals surface area contributed by atoms with Gasteiger partial charge in [0.2, 0.25) is 0 Å². The summed E-state index contributed by atoms with van der Waals surface area (Å²) in [5.41, 5.74) is 2.89. The highest BCUT2D eigenvalue weighted by atomic mass is 35.5. The van der Waals surface area contributed by atoms with Gasteiger partial charge < -0.3 is 9.47 Å². The van der Waals surface area contributed by atoms with Gasteiger partial charge in [-0.3, -0.25) is 4.79 Å². The fourth-order valence-electron chi connectivity index (χ4n) is 3.18. The minimum Gasteiger partial charge on any atom is -0.497 e. The van der Waals surface area contributed by atoms with Crippen molar-refractivity contribution in [3.8, 4) is 17.0 Å². The van der Waals surface area contributed by atoms with Gasteiger partial charge in [-0.05, 0) is 60.7 Å². The first kappa shape index (κ1) is 20.6. The van der Waals surface area contributed by atoms with E-state index in [-0.39, 0.29) is 12.4 Å². The summed E-state index contributed by atoms with van der Waals surface area (Å²) < 4.78 is 10.5. The molecule has 0 aliphatic heterocycles. The number of carbonyl (C=O) groups excluding carboxylic acids is 2. The van der Waals surface area contributed by atoms with Crippen LogP contribution in [0.15, 0.2) is 78.9 Å². The number of pyridine rings is 1. The molecule has 5 nitrogen and oxygen atoms in total. The number of rotatable bonds is 6. The lowest BCUT2D eigenvalue weighted by Crippen LogP contribution is -2.15. The average Bonchev–Trinajstić information content (AvgIpc) is 2.82. The molecule has 0 spiro atoms. The largest absolute Gasteiger partial charge is 0.497 e. The predicted octanol–water partition coefficient (Wildman–Crippen LogP) is 5.60. The summed E-state index contributed by atoms with van der Waals surface area (Å²) in [7, 11) is 1.60. The number of fused-ring (bicyclic) bond motifs is 1. The number of methoxy groups -OCH3 is 1. The fourth-order valence-corrected chi connectivity index (χ4v) is 3.31. The van der Waals surface area contributed by atoms with Crippen molar-refractivity contribution in [2.24, 2.45) is 0 Å². The summed E-state index contributed by atoms with van der Waals surface area (Å²) in [6.45, 7) is -0.366. The molecule has 0 unspecified atom stereocenters. The molecule has 0 saturated carbocycles. The van der Waals surface area contributed by atoms with Crippen LogP contribution in [0.1, 0.15) is 20.7 Å². The molecule has 0 bridgehead atoms. The van der Waals surface area contributed by atoms with E-state index in [2.05, 4.69) is 4.98 Å². The summed E-state index contributed by atoms with van der Waals surface area (Å²) in [5.74, 6) is -0.167. The number of para-hydroxylation sites is 1. The SMILES string of the molecule is COc1ccc(-c2cc(C(=O)OCC(=O)c3ccc(Cl)cc3)c3ccccc3n2)cc1. The van der Waals surface area contributed by atoms with Crippen LogP contribution in [0.3, 0.4) is 0 Å². The monoisotopic (exact) mass is 431 g/mol. The van der Waals surface area contributed by atoms with Crippen molar-refractivity contribution in [2.45, 2.75) is 0 Å². The molecule has 1 heterocycles. The first-order chi connectivity index (χ1) is 15.0. The number of hydrogen-bond acceptors (Lipinski definition) is 5. The van der Waals surface area contributed by atoms with E-state index in [1.807, 2.05) is 42.5 Å². The molecule has 0 saturated heterocycles. The highest BCUT2D eigenvalue weighted by molar-refractivity contribution is 6.30. The molecule has 0 aliphatic carbocycles. The number of nitrogens with zero attached hydrogens (tertiary/aromatic N) is 1. The summed E-state index contributed by atoms with van der Waals surface area (Å²) in [5, 5.41) is 1.19. The normalized spacial score (nSPS) is 10.6. The van der Waals surface area contributed by atoms with Crippen LogP contribution in [0.25, 0.3) is 22.2 Å². The van der Waals surface area contributed by atoms with E-state index < -0.39 is 5.97 Å². The molecule has 154 valence electrons. The van der Waals surface area contributed by atoms with E-state index >= 15 is 0 Å². The molecule has 0 atom stereocenters. The second-order valence-corrected chi connectivity index (χ2v) is 7.24. The zero-order chi connectivity index (χ0) is 21.8. The van der Waals surface area contributed by atoms with Crippen LogP contribution in [0.2, 0.25) is 5.02 Å². The molecular weight excluding hydrogens is 414 g/mol. The minimum absolute atomic E-state index is 0.307. The topological polar surface area (TPSA) is 65.5 Å². The molecule has 1 aromatic heterocycles. The number of carbonyl (C=O) groups is 2. The van der Waals surface area contributed by atoms with Crippen LogP contribution in [0, 0.1) is 0 Å². The molecule has 4 aromatic rings. The summed E-state index contributed by atoms with van der Waals surface area (Å²) in [6, 6.07) is 22.8. The molecule has 0 radical (unpaired) electrons. The first-order valence-electron chi connectivity index (χ1n) is 9.55. The van der Waals surface area contributed by atoms with E-state index in [0.717, 1.165) is 11.3 Å². The Bertz CT molecular complexity index is 1250. The van der Waals surface area contributed by atoms with Crippen LogP contribution >= 0.6 is 11.6 Å². The van der Waals surface area contributed by atoms with Crippen molar-refractivity contribution in [1.82, 2.24) is 4.98 Å². The van der Waals surface area contributed by atoms with Gasteiger partial charge in [-0.25, -0.2) is 9.78 Å². The third-order valence-corrected chi connectivity index (χ3v) is 5.07. The number of halogens is 1. The molecule has 0 N–H and O–H groups in total. The number of Topliss-reactive ketones (excluding diaryl/α,β-unsaturated/α-hetero) is 1. The zero-order valence-corrected chi connectivity index (χ0v) is 17.4. The zero-order valence-electron chi connectivity index (χ0n) is 16.7. The van der Waals surface area contributed by atoms with Crippen molar-refractivity contribution in [3.05, 3.63) is 95.0 Å². The maximum atomic E-state index is 12.9. The summed E-state index contributed by atoms with van der Waals surface area (Å²) in [6.07, 6.45) is 0. The van der Waals surface area contributed by atoms with Gasteiger partial charge in [0.05, 0.1) is 23.9 Å². The van der Waals surface area contributed by atoms with Gasteiger partial charge in [0, 0.05) is 21.5 Å². The highest BCUT2D eigenvalue weighted by Crippen LogP contribution is 2.27. The molecule has 3 aromatic carbocycles. The smallest absolute Gasteiger partial charge is 0.339 e. The predicted molar refractivity (Wildman–Crippen MR) is 120 cm³/mol. The van der Waals surface area contributed by atoms with Gasteiger partial charge in [0.15, 0.2) is 12.4 Å². The maximum absolute atomic E-state index is 12.9. The standard InChI is InChI=1S/C25H18ClNO4/c1-30-19-12-8-16(9-13-19)23-14-21(20-4-2-3-5-22(20)27-23)25(29)31-15-24(28)17-6-10-18(26)11-7-17/h2-14H,15H2,1H3. The summed E-state index contributed by atoms with van der Waals surface area (Å²) >= 11 is 5.85. The number of benzene rings is 3. The molecule has 6 heteroatoms. The van der Waals surface area contributed by atoms with Crippen molar-refractivity contribution < 1.29 is 19.1 Å². The van der Waals surface area contributed by atoms with Crippen molar-refractivity contribution in [2.75, 3.05) is 13.7 Å². The number of hydrogen-bond donors (Lipinski definition) is 0. The molecule has 0 aliphatic rings. The van der Waals surface area contributed by atoms with Crippen LogP contribution in [0.4, 0.5) is 0 Å². The van der Waals surface area contributed by atoms with Crippen molar-refractivity contribution in [3.63, 3.8) is 0 Å². The van der Waals surface area contributed by atoms with Crippen LogP contribution in [0.5, 0.6) is 5.75 Å². The van der Waals surface area contributed by atoms with E-state index in [4.69, 9.17) is 21.1 Å². The number of esters is 1. The lowest BCUT2D eigenvalue weighted by Gasteiger charge is -2.10. The van der Waals surface area contributed by atoms with Crippen LogP contribution < -0.4 is 4.74 Å². The molecule has 0 fully saturated rings. The van der Waals surface area contributed by atoms with Crippen molar-refractivity contribution >= 4 is 34.3 Å². The number of aromatic nitrogens is 1. The molecule has 0 amide bonds. The van der Waals surface area contributed by atoms with Crippen LogP contribution in [-0.4, -0.2) is 30.5 Å². The molecular formula is C25H18ClNO4. The Kier molecular flexibility index (Phi) is 5.96. The van der Waals surface area contributed by atoms with E-state index in [0.29, 0.717) is 32.7 Å². The Hall–Kier alpha value is -3.70. The van der Waals surface area contributed by atoms with Crippen molar-refractivity contribution in [1.29, 1.82) is 0 Å². The lowest BCUT2D eigenvalue weighted by molar-refractivity contribution is 0.0476. The fraction of sp³-hybridized carbons (Fsp3) is 0.0800. The van der Waals surface area contributed by atoms with Gasteiger partial charge in [-0.2, -0.15) is 0 Å². The second-order valence-electron chi connectivity index (χ2n) is 6.81. The average molecular weight is 432 g/mol. The van der Waals surface area contributed by atoms with Gasteiger partial charge in [0.1, 0.15) is 5.75 Å². The Morgan fingerprint density at radius 2 is 1.65 bits per heavy atom. The Balaban J connectivity index is 1.62. The lowest BCUT2D eigenvalue weighted by atomic mass is 10.0. The van der Waals surface area contributed by atoms with Gasteiger partial charge in [-0.15, -0.1) is 0 Å². The van der Waals surface area contributed by atoms with E-state index in [1.165, 1.54) is 0 Å². The summed E-state index contributed by atoms with van der Waals surface area (Å²) in [4.78, 5) is 29.9. The van der Waals surface area contributed by atoms with Crippen LogP contribution in [-0.2, 0) is 4.74 Å². The minimum atomic E-state index is -0.587. The van der Waals surface area contributed by atoms with Gasteiger partial charge in [0.25, 0.3) is 0 Å². The Morgan fingerprint density at radius 1 is 0.935 bits per heavy atom. The quantitative estimate of drug-likeness (QED) is 0.293. The highest BCUT2D eigenvalue weighted by Gasteiger charge is 2.17. The first-order valence-corrected chi connectivity index (χ1v) is 9.93. The van der Waals surface area contributed by atoms with Gasteiger partial charge >= 0.3 is 5.97 Å². The van der Waals surface area contributed by atoms with Gasteiger partial charge in [-0.1, -0.05) is 29.8 Å².